The number of carbonyl (C=O) groups excluding carboxylic acids is 1. The molecule has 0 aliphatic rings. The van der Waals surface area contributed by atoms with Crippen LogP contribution in [0, 0.1) is 0 Å². The second-order valence-corrected chi connectivity index (χ2v) is 5.34. The highest BCUT2D eigenvalue weighted by atomic mass is 16.6. The van der Waals surface area contributed by atoms with Crippen LogP contribution in [0.4, 0.5) is 0 Å². The molecule has 6 heteroatoms. The van der Waals surface area contributed by atoms with Crippen LogP contribution in [-0.2, 0) is 23.8 Å². The topological polar surface area (TPSA) is 70.2 Å². The molecule has 2 aromatic rings. The molecule has 0 spiro atoms. The molecular formula is C13H17N3O3. The van der Waals surface area contributed by atoms with Crippen LogP contribution >= 0.6 is 0 Å². The van der Waals surface area contributed by atoms with Crippen LogP contribution in [-0.4, -0.2) is 20.7 Å². The number of hydrogen-bond acceptors (Lipinski definition) is 5. The van der Waals surface area contributed by atoms with Crippen molar-refractivity contribution in [3.05, 3.63) is 35.7 Å². The van der Waals surface area contributed by atoms with E-state index < -0.39 is 5.97 Å². The lowest BCUT2D eigenvalue weighted by atomic mass is 9.96. The lowest BCUT2D eigenvalue weighted by Crippen LogP contribution is -2.13. The number of aryl methyl sites for hydroxylation is 1. The van der Waals surface area contributed by atoms with Crippen LogP contribution in [0.1, 0.15) is 43.0 Å². The molecule has 0 aliphatic carbocycles. The molecule has 0 bridgehead atoms. The van der Waals surface area contributed by atoms with Crippen molar-refractivity contribution in [2.75, 3.05) is 0 Å². The number of rotatable bonds is 3. The highest BCUT2D eigenvalue weighted by molar-refractivity contribution is 5.87. The van der Waals surface area contributed by atoms with Crippen LogP contribution in [0.25, 0.3) is 0 Å². The molecule has 0 saturated carbocycles. The number of carbonyl (C=O) groups is 1. The van der Waals surface area contributed by atoms with Crippen molar-refractivity contribution in [3.8, 4) is 0 Å². The third-order valence-corrected chi connectivity index (χ3v) is 2.62. The van der Waals surface area contributed by atoms with Crippen LogP contribution in [0.2, 0.25) is 0 Å². The van der Waals surface area contributed by atoms with Crippen molar-refractivity contribution in [3.63, 3.8) is 0 Å². The maximum absolute atomic E-state index is 11.8. The van der Waals surface area contributed by atoms with E-state index in [0.29, 0.717) is 17.4 Å². The summed E-state index contributed by atoms with van der Waals surface area (Å²) in [7, 11) is 1.78. The minimum Gasteiger partial charge on any atom is -0.451 e. The Labute approximate surface area is 111 Å². The Morgan fingerprint density at radius 1 is 1.47 bits per heavy atom. The third-order valence-electron chi connectivity index (χ3n) is 2.62. The molecule has 19 heavy (non-hydrogen) atoms. The first-order chi connectivity index (χ1) is 8.88. The molecule has 0 unspecified atom stereocenters. The normalized spacial score (nSPS) is 11.6. The van der Waals surface area contributed by atoms with E-state index in [0.717, 1.165) is 0 Å². The summed E-state index contributed by atoms with van der Waals surface area (Å²) in [6.45, 7) is 5.93. The van der Waals surface area contributed by atoms with Gasteiger partial charge in [0.1, 0.15) is 5.69 Å². The van der Waals surface area contributed by atoms with Crippen molar-refractivity contribution in [1.82, 2.24) is 14.7 Å². The first-order valence-corrected chi connectivity index (χ1v) is 5.99. The first-order valence-electron chi connectivity index (χ1n) is 5.99. The maximum atomic E-state index is 11.8. The summed E-state index contributed by atoms with van der Waals surface area (Å²) >= 11 is 0. The molecule has 2 heterocycles. The monoisotopic (exact) mass is 263 g/mol. The molecule has 2 rings (SSSR count). The molecule has 0 amide bonds. The zero-order chi connectivity index (χ0) is 14.0. The summed E-state index contributed by atoms with van der Waals surface area (Å²) in [6.07, 6.45) is 1.78. The summed E-state index contributed by atoms with van der Waals surface area (Å²) in [4.78, 5) is 16.0. The second kappa shape index (κ2) is 4.87. The number of nitrogens with zero attached hydrogens (tertiary/aromatic N) is 3. The molecule has 0 radical (unpaired) electrons. The minimum atomic E-state index is -0.414. The van der Waals surface area contributed by atoms with E-state index >= 15 is 0 Å². The van der Waals surface area contributed by atoms with E-state index in [2.05, 4.69) is 10.1 Å². The summed E-state index contributed by atoms with van der Waals surface area (Å²) in [5, 5.41) is 3.86. The first kappa shape index (κ1) is 13.3. The smallest absolute Gasteiger partial charge is 0.355 e. The largest absolute Gasteiger partial charge is 0.451 e. The van der Waals surface area contributed by atoms with Crippen molar-refractivity contribution in [1.29, 1.82) is 0 Å². The standard InChI is InChI=1S/C13H17N3O3/c1-13(2,3)12-14-10(19-15-12)8-18-11(17)9-6-5-7-16(9)4/h5-7H,8H2,1-4H3. The molecule has 102 valence electrons. The van der Waals surface area contributed by atoms with Gasteiger partial charge in [-0.2, -0.15) is 4.98 Å². The number of hydrogen-bond donors (Lipinski definition) is 0. The minimum absolute atomic E-state index is 0.0207. The fourth-order valence-corrected chi connectivity index (χ4v) is 1.49. The molecule has 2 aromatic heterocycles. The fraction of sp³-hybridized carbons (Fsp3) is 0.462. The third kappa shape index (κ3) is 3.01. The SMILES string of the molecule is Cn1cccc1C(=O)OCc1nc(C(C)(C)C)no1. The molecule has 6 nitrogen and oxygen atoms in total. The summed E-state index contributed by atoms with van der Waals surface area (Å²) in [5.41, 5.74) is 0.291. The quantitative estimate of drug-likeness (QED) is 0.793. The maximum Gasteiger partial charge on any atom is 0.355 e. The molecule has 0 atom stereocenters. The van der Waals surface area contributed by atoms with Gasteiger partial charge in [0.2, 0.25) is 0 Å². The Morgan fingerprint density at radius 2 is 2.21 bits per heavy atom. The highest BCUT2D eigenvalue weighted by Gasteiger charge is 2.21. The Morgan fingerprint density at radius 3 is 2.74 bits per heavy atom. The van der Waals surface area contributed by atoms with Gasteiger partial charge in [-0.15, -0.1) is 0 Å². The van der Waals surface area contributed by atoms with Crippen molar-refractivity contribution in [2.24, 2.45) is 7.05 Å². The van der Waals surface area contributed by atoms with E-state index in [-0.39, 0.29) is 12.0 Å². The van der Waals surface area contributed by atoms with Gasteiger partial charge >= 0.3 is 5.97 Å². The van der Waals surface area contributed by atoms with Crippen LogP contribution in [0.5, 0.6) is 0 Å². The Hall–Kier alpha value is -2.11. The van der Waals surface area contributed by atoms with Gasteiger partial charge in [0.05, 0.1) is 0 Å². The van der Waals surface area contributed by atoms with Gasteiger partial charge in [0.15, 0.2) is 12.4 Å². The Bertz CT molecular complexity index is 578. The predicted octanol–water partition coefficient (Wildman–Crippen LogP) is 2.06. The molecule has 0 fully saturated rings. The van der Waals surface area contributed by atoms with E-state index in [1.54, 1.807) is 29.9 Å². The molecule has 0 saturated heterocycles. The van der Waals surface area contributed by atoms with E-state index in [1.807, 2.05) is 20.8 Å². The zero-order valence-corrected chi connectivity index (χ0v) is 11.5. The summed E-state index contributed by atoms with van der Waals surface area (Å²) < 4.78 is 11.9. The summed E-state index contributed by atoms with van der Waals surface area (Å²) in [5.74, 6) is 0.480. The Kier molecular flexibility index (Phi) is 3.42. The molecule has 0 aromatic carbocycles. The second-order valence-electron chi connectivity index (χ2n) is 5.34. The average molecular weight is 263 g/mol. The van der Waals surface area contributed by atoms with E-state index in [1.165, 1.54) is 0 Å². The van der Waals surface area contributed by atoms with E-state index in [9.17, 15) is 4.79 Å². The summed E-state index contributed by atoms with van der Waals surface area (Å²) in [6, 6.07) is 3.47. The molecular weight excluding hydrogens is 246 g/mol. The van der Waals surface area contributed by atoms with Crippen LogP contribution < -0.4 is 0 Å². The molecule has 0 aliphatic heterocycles. The fourth-order valence-electron chi connectivity index (χ4n) is 1.49. The van der Waals surface area contributed by atoms with Crippen LogP contribution in [0.15, 0.2) is 22.9 Å². The predicted molar refractivity (Wildman–Crippen MR) is 67.5 cm³/mol. The van der Waals surface area contributed by atoms with Gasteiger partial charge in [-0.3, -0.25) is 0 Å². The van der Waals surface area contributed by atoms with Gasteiger partial charge in [0, 0.05) is 18.7 Å². The Balaban J connectivity index is 1.98. The lowest BCUT2D eigenvalue weighted by Gasteiger charge is -2.10. The van der Waals surface area contributed by atoms with Gasteiger partial charge in [0.25, 0.3) is 5.89 Å². The van der Waals surface area contributed by atoms with Gasteiger partial charge in [-0.05, 0) is 12.1 Å². The number of aromatic nitrogens is 3. The van der Waals surface area contributed by atoms with Gasteiger partial charge in [-0.25, -0.2) is 4.79 Å². The number of esters is 1. The average Bonchev–Trinajstić information content (AvgIpc) is 2.93. The van der Waals surface area contributed by atoms with Crippen molar-refractivity contribution < 1.29 is 14.1 Å². The van der Waals surface area contributed by atoms with Crippen molar-refractivity contribution >= 4 is 5.97 Å². The van der Waals surface area contributed by atoms with E-state index in [4.69, 9.17) is 9.26 Å². The molecule has 0 N–H and O–H groups in total. The van der Waals surface area contributed by atoms with Gasteiger partial charge < -0.3 is 13.8 Å². The number of ether oxygens (including phenoxy) is 1. The van der Waals surface area contributed by atoms with Crippen molar-refractivity contribution in [2.45, 2.75) is 32.8 Å². The highest BCUT2D eigenvalue weighted by Crippen LogP contribution is 2.18. The van der Waals surface area contributed by atoms with Crippen LogP contribution in [0.3, 0.4) is 0 Å². The van der Waals surface area contributed by atoms with Gasteiger partial charge in [-0.1, -0.05) is 25.9 Å². The lowest BCUT2D eigenvalue weighted by molar-refractivity contribution is 0.0418. The zero-order valence-electron chi connectivity index (χ0n) is 11.5.